The molecule has 6 heteroatoms. The van der Waals surface area contributed by atoms with Gasteiger partial charge in [-0.3, -0.25) is 0 Å². The minimum Gasteiger partial charge on any atom is -0.392 e. The Hall–Kier alpha value is -0.620. The van der Waals surface area contributed by atoms with E-state index in [1.165, 1.54) is 18.2 Å². The third-order valence-electron chi connectivity index (χ3n) is 4.51. The summed E-state index contributed by atoms with van der Waals surface area (Å²) in [7, 11) is -3.59. The molecule has 21 heavy (non-hydrogen) atoms. The number of sulfonamides is 1. The van der Waals surface area contributed by atoms with Crippen molar-refractivity contribution in [2.75, 3.05) is 0 Å². The van der Waals surface area contributed by atoms with Crippen molar-refractivity contribution in [3.8, 4) is 0 Å². The van der Waals surface area contributed by atoms with E-state index in [4.69, 9.17) is 11.6 Å². The minimum absolute atomic E-state index is 0.0352. The first-order valence-corrected chi connectivity index (χ1v) is 9.13. The third kappa shape index (κ3) is 3.77. The lowest BCUT2D eigenvalue weighted by atomic mass is 9.78. The Morgan fingerprint density at radius 3 is 2.71 bits per heavy atom. The highest BCUT2D eigenvalue weighted by Gasteiger charge is 2.30. The summed E-state index contributed by atoms with van der Waals surface area (Å²) in [5.41, 5.74) is 0.421. The van der Waals surface area contributed by atoms with Crippen molar-refractivity contribution in [2.45, 2.75) is 50.7 Å². The fraction of sp³-hybridized carbons (Fsp3) is 0.600. The molecule has 1 saturated carbocycles. The molecule has 1 aromatic carbocycles. The summed E-state index contributed by atoms with van der Waals surface area (Å²) in [5.74, 6) is 0.836. The molecule has 1 aliphatic rings. The zero-order chi connectivity index (χ0) is 15.6. The van der Waals surface area contributed by atoms with Crippen LogP contribution in [0, 0.1) is 11.8 Å². The molecule has 3 unspecified atom stereocenters. The first-order valence-electron chi connectivity index (χ1n) is 7.26. The second-order valence-electron chi connectivity index (χ2n) is 5.91. The van der Waals surface area contributed by atoms with Gasteiger partial charge in [0.1, 0.15) is 0 Å². The number of aliphatic hydroxyl groups excluding tert-OH is 1. The summed E-state index contributed by atoms with van der Waals surface area (Å²) < 4.78 is 27.8. The fourth-order valence-corrected chi connectivity index (χ4v) is 4.44. The van der Waals surface area contributed by atoms with Crippen molar-refractivity contribution >= 4 is 21.6 Å². The topological polar surface area (TPSA) is 66.4 Å². The zero-order valence-corrected chi connectivity index (χ0v) is 13.9. The van der Waals surface area contributed by atoms with Gasteiger partial charge in [0, 0.05) is 11.1 Å². The quantitative estimate of drug-likeness (QED) is 0.891. The molecule has 0 heterocycles. The molecule has 0 saturated heterocycles. The van der Waals surface area contributed by atoms with Crippen LogP contribution in [0.3, 0.4) is 0 Å². The summed E-state index contributed by atoms with van der Waals surface area (Å²) in [4.78, 5) is 0.154. The van der Waals surface area contributed by atoms with Crippen molar-refractivity contribution in [3.63, 3.8) is 0 Å². The van der Waals surface area contributed by atoms with E-state index in [-0.39, 0.29) is 17.5 Å². The fourth-order valence-electron chi connectivity index (χ4n) is 2.86. The van der Waals surface area contributed by atoms with E-state index in [2.05, 4.69) is 18.6 Å². The Balaban J connectivity index is 2.22. The lowest BCUT2D eigenvalue weighted by Gasteiger charge is -2.34. The number of hydrogen-bond donors (Lipinski definition) is 2. The lowest BCUT2D eigenvalue weighted by Crippen LogP contribution is -2.43. The summed E-state index contributed by atoms with van der Waals surface area (Å²) in [6, 6.07) is 4.38. The van der Waals surface area contributed by atoms with Crippen LogP contribution in [-0.2, 0) is 16.6 Å². The number of aliphatic hydroxyl groups is 1. The van der Waals surface area contributed by atoms with Gasteiger partial charge in [0.25, 0.3) is 0 Å². The first-order chi connectivity index (χ1) is 9.85. The molecular formula is C15H22ClNO3S. The maximum Gasteiger partial charge on any atom is 0.240 e. The van der Waals surface area contributed by atoms with Gasteiger partial charge in [0.2, 0.25) is 10.0 Å². The van der Waals surface area contributed by atoms with Crippen LogP contribution in [0.2, 0.25) is 5.02 Å². The monoisotopic (exact) mass is 331 g/mol. The van der Waals surface area contributed by atoms with E-state index >= 15 is 0 Å². The maximum atomic E-state index is 12.5. The highest BCUT2D eigenvalue weighted by atomic mass is 35.5. The lowest BCUT2D eigenvalue weighted by molar-refractivity contribution is 0.227. The van der Waals surface area contributed by atoms with Crippen LogP contribution < -0.4 is 4.72 Å². The molecule has 2 N–H and O–H groups in total. The predicted octanol–water partition coefficient (Wildman–Crippen LogP) is 2.94. The Morgan fingerprint density at radius 2 is 2.05 bits per heavy atom. The number of hydrogen-bond acceptors (Lipinski definition) is 3. The summed E-state index contributed by atoms with van der Waals surface area (Å²) >= 11 is 5.91. The van der Waals surface area contributed by atoms with Gasteiger partial charge in [-0.2, -0.15) is 0 Å². The summed E-state index contributed by atoms with van der Waals surface area (Å²) in [6.45, 7) is 3.98. The molecule has 1 fully saturated rings. The van der Waals surface area contributed by atoms with E-state index in [9.17, 15) is 13.5 Å². The van der Waals surface area contributed by atoms with Gasteiger partial charge < -0.3 is 5.11 Å². The van der Waals surface area contributed by atoms with Crippen LogP contribution in [0.4, 0.5) is 0 Å². The molecule has 3 atom stereocenters. The average molecular weight is 332 g/mol. The standard InChI is InChI=1S/C15H22ClNO3S/c1-10-4-3-5-15(11(10)2)17-21(19,20)13-6-7-14(16)12(8-13)9-18/h6-8,10-11,15,17-18H,3-5,9H2,1-2H3. The Morgan fingerprint density at radius 1 is 1.33 bits per heavy atom. The van der Waals surface area contributed by atoms with Crippen molar-refractivity contribution in [2.24, 2.45) is 11.8 Å². The van der Waals surface area contributed by atoms with Gasteiger partial charge in [-0.15, -0.1) is 0 Å². The minimum atomic E-state index is -3.59. The molecule has 0 spiro atoms. The summed E-state index contributed by atoms with van der Waals surface area (Å²) in [5, 5.41) is 9.58. The number of benzene rings is 1. The van der Waals surface area contributed by atoms with Gasteiger partial charge >= 0.3 is 0 Å². The van der Waals surface area contributed by atoms with Crippen LogP contribution in [0.1, 0.15) is 38.7 Å². The van der Waals surface area contributed by atoms with Crippen LogP contribution in [0.5, 0.6) is 0 Å². The van der Waals surface area contributed by atoms with Crippen LogP contribution in [0.15, 0.2) is 23.1 Å². The van der Waals surface area contributed by atoms with E-state index in [0.29, 0.717) is 22.4 Å². The van der Waals surface area contributed by atoms with E-state index in [0.717, 1.165) is 19.3 Å². The van der Waals surface area contributed by atoms with Crippen molar-refractivity contribution in [1.29, 1.82) is 0 Å². The highest BCUT2D eigenvalue weighted by molar-refractivity contribution is 7.89. The van der Waals surface area contributed by atoms with Crippen molar-refractivity contribution < 1.29 is 13.5 Å². The van der Waals surface area contributed by atoms with Gasteiger partial charge in [0.05, 0.1) is 11.5 Å². The van der Waals surface area contributed by atoms with Crippen molar-refractivity contribution in [1.82, 2.24) is 4.72 Å². The molecule has 0 bridgehead atoms. The maximum absolute atomic E-state index is 12.5. The predicted molar refractivity (Wildman–Crippen MR) is 83.7 cm³/mol. The Labute approximate surface area is 131 Å². The van der Waals surface area contributed by atoms with E-state index in [1.54, 1.807) is 0 Å². The molecule has 0 aliphatic heterocycles. The molecule has 118 valence electrons. The third-order valence-corrected chi connectivity index (χ3v) is 6.37. The highest BCUT2D eigenvalue weighted by Crippen LogP contribution is 2.30. The van der Waals surface area contributed by atoms with Crippen LogP contribution in [-0.4, -0.2) is 19.6 Å². The first kappa shape index (κ1) is 16.7. The second-order valence-corrected chi connectivity index (χ2v) is 8.03. The number of halogens is 1. The Bertz CT molecular complexity index is 603. The molecule has 0 radical (unpaired) electrons. The van der Waals surface area contributed by atoms with E-state index < -0.39 is 10.0 Å². The van der Waals surface area contributed by atoms with Gasteiger partial charge in [0.15, 0.2) is 0 Å². The largest absolute Gasteiger partial charge is 0.392 e. The van der Waals surface area contributed by atoms with E-state index in [1.807, 2.05) is 0 Å². The molecule has 1 aromatic rings. The summed E-state index contributed by atoms with van der Waals surface area (Å²) in [6.07, 6.45) is 3.06. The van der Waals surface area contributed by atoms with Gasteiger partial charge in [-0.05, 0) is 42.0 Å². The average Bonchev–Trinajstić information content (AvgIpc) is 2.44. The Kier molecular flexibility index (Phi) is 5.30. The van der Waals surface area contributed by atoms with Crippen LogP contribution >= 0.6 is 11.6 Å². The van der Waals surface area contributed by atoms with Gasteiger partial charge in [-0.25, -0.2) is 13.1 Å². The van der Waals surface area contributed by atoms with Crippen LogP contribution in [0.25, 0.3) is 0 Å². The molecule has 2 rings (SSSR count). The van der Waals surface area contributed by atoms with Gasteiger partial charge in [-0.1, -0.05) is 38.3 Å². The normalized spacial score (nSPS) is 26.8. The molecule has 1 aliphatic carbocycles. The molecule has 0 aromatic heterocycles. The second kappa shape index (κ2) is 6.65. The number of rotatable bonds is 4. The van der Waals surface area contributed by atoms with Crippen molar-refractivity contribution in [3.05, 3.63) is 28.8 Å². The SMILES string of the molecule is CC1CCCC(NS(=O)(=O)c2ccc(Cl)c(CO)c2)C1C. The molecular weight excluding hydrogens is 310 g/mol. The number of nitrogens with one attached hydrogen (secondary N) is 1. The molecule has 0 amide bonds. The molecule has 4 nitrogen and oxygen atoms in total. The zero-order valence-electron chi connectivity index (χ0n) is 12.3. The smallest absolute Gasteiger partial charge is 0.240 e.